The summed E-state index contributed by atoms with van der Waals surface area (Å²) >= 11 is 0. The topological polar surface area (TPSA) is 29.3 Å². The molecule has 1 aliphatic heterocycles. The van der Waals surface area contributed by atoms with Crippen LogP contribution in [0.15, 0.2) is 36.7 Å². The number of rotatable bonds is 3. The predicted molar refractivity (Wildman–Crippen MR) is 61.6 cm³/mol. The third-order valence-electron chi connectivity index (χ3n) is 2.68. The van der Waals surface area contributed by atoms with Crippen molar-refractivity contribution in [3.8, 4) is 0 Å². The third-order valence-corrected chi connectivity index (χ3v) is 2.68. The van der Waals surface area contributed by atoms with Crippen LogP contribution in [0.4, 0.5) is 0 Å². The molecule has 1 saturated heterocycles. The lowest BCUT2D eigenvalue weighted by Gasteiger charge is -2.32. The maximum atomic E-state index is 5.45. The second kappa shape index (κ2) is 4.89. The Kier molecular flexibility index (Phi) is 3.81. The van der Waals surface area contributed by atoms with Crippen molar-refractivity contribution in [2.45, 2.75) is 19.8 Å². The molecule has 0 amide bonds. The average molecular weight is 192 g/mol. The summed E-state index contributed by atoms with van der Waals surface area (Å²) in [6.45, 7) is 12.2. The molecule has 0 spiro atoms. The van der Waals surface area contributed by atoms with Crippen LogP contribution in [-0.2, 0) is 0 Å². The first kappa shape index (κ1) is 10.9. The van der Waals surface area contributed by atoms with Gasteiger partial charge in [-0.25, -0.2) is 0 Å². The number of piperidine rings is 1. The Hall–Kier alpha value is -1.18. The summed E-state index contributed by atoms with van der Waals surface area (Å²) in [6, 6.07) is 0. The molecule has 1 aliphatic rings. The zero-order valence-electron chi connectivity index (χ0n) is 9.00. The van der Waals surface area contributed by atoms with Gasteiger partial charge in [-0.15, -0.1) is 0 Å². The molecule has 0 saturated carbocycles. The van der Waals surface area contributed by atoms with Crippen molar-refractivity contribution in [2.24, 2.45) is 11.7 Å². The molecule has 1 fully saturated rings. The standard InChI is InChI=1S/C12H20N2/c1-10-6-8-14(9-7-10)12(3)5-4-11(2)13/h4-5,10H,2-3,6-9,13H2,1H3/b5-4-. The van der Waals surface area contributed by atoms with E-state index in [4.69, 9.17) is 5.73 Å². The molecule has 0 aliphatic carbocycles. The first-order chi connectivity index (χ1) is 6.59. The zero-order valence-corrected chi connectivity index (χ0v) is 9.00. The van der Waals surface area contributed by atoms with Gasteiger partial charge in [0.1, 0.15) is 0 Å². The van der Waals surface area contributed by atoms with Crippen LogP contribution < -0.4 is 5.73 Å². The van der Waals surface area contributed by atoms with E-state index < -0.39 is 0 Å². The van der Waals surface area contributed by atoms with Gasteiger partial charge in [0.05, 0.1) is 0 Å². The average Bonchev–Trinajstić information content (AvgIpc) is 2.15. The fraction of sp³-hybridized carbons (Fsp3) is 0.500. The van der Waals surface area contributed by atoms with E-state index in [1.165, 1.54) is 12.8 Å². The van der Waals surface area contributed by atoms with Crippen molar-refractivity contribution in [1.82, 2.24) is 4.90 Å². The molecular formula is C12H20N2. The van der Waals surface area contributed by atoms with E-state index in [-0.39, 0.29) is 0 Å². The van der Waals surface area contributed by atoms with Crippen LogP contribution in [0.5, 0.6) is 0 Å². The molecule has 0 aromatic heterocycles. The Morgan fingerprint density at radius 2 is 1.86 bits per heavy atom. The fourth-order valence-electron chi connectivity index (χ4n) is 1.60. The zero-order chi connectivity index (χ0) is 10.6. The number of hydrogen-bond donors (Lipinski definition) is 1. The first-order valence-corrected chi connectivity index (χ1v) is 5.16. The van der Waals surface area contributed by atoms with Gasteiger partial charge in [-0.05, 0) is 30.9 Å². The quantitative estimate of drug-likeness (QED) is 0.695. The minimum absolute atomic E-state index is 0.580. The summed E-state index contributed by atoms with van der Waals surface area (Å²) in [5.74, 6) is 0.854. The SMILES string of the molecule is C=C(N)/C=C\C(=C)N1CCC(C)CC1. The Bertz CT molecular complexity index is 245. The predicted octanol–water partition coefficient (Wildman–Crippen LogP) is 2.26. The lowest BCUT2D eigenvalue weighted by atomic mass is 9.99. The summed E-state index contributed by atoms with van der Waals surface area (Å²) < 4.78 is 0. The molecule has 0 aromatic rings. The second-order valence-electron chi connectivity index (χ2n) is 4.07. The van der Waals surface area contributed by atoms with Crippen LogP contribution in [0.25, 0.3) is 0 Å². The summed E-state index contributed by atoms with van der Waals surface area (Å²) in [4.78, 5) is 2.31. The molecular weight excluding hydrogens is 172 g/mol. The minimum Gasteiger partial charge on any atom is -0.399 e. The fourth-order valence-corrected chi connectivity index (χ4v) is 1.60. The summed E-state index contributed by atoms with van der Waals surface area (Å²) in [5.41, 5.74) is 7.08. The van der Waals surface area contributed by atoms with Gasteiger partial charge in [-0.2, -0.15) is 0 Å². The molecule has 78 valence electrons. The van der Waals surface area contributed by atoms with E-state index in [0.29, 0.717) is 5.70 Å². The summed E-state index contributed by atoms with van der Waals surface area (Å²) in [5, 5.41) is 0. The molecule has 0 radical (unpaired) electrons. The molecule has 1 heterocycles. The first-order valence-electron chi connectivity index (χ1n) is 5.16. The number of hydrogen-bond acceptors (Lipinski definition) is 2. The number of allylic oxidation sites excluding steroid dienone is 2. The summed E-state index contributed by atoms with van der Waals surface area (Å²) in [6.07, 6.45) is 6.27. The van der Waals surface area contributed by atoms with Crippen LogP contribution in [0.1, 0.15) is 19.8 Å². The van der Waals surface area contributed by atoms with E-state index in [1.54, 1.807) is 6.08 Å². The molecule has 0 atom stereocenters. The van der Waals surface area contributed by atoms with E-state index in [2.05, 4.69) is 25.0 Å². The highest BCUT2D eigenvalue weighted by atomic mass is 15.1. The van der Waals surface area contributed by atoms with Crippen LogP contribution in [0.2, 0.25) is 0 Å². The molecule has 2 nitrogen and oxygen atoms in total. The van der Waals surface area contributed by atoms with Crippen molar-refractivity contribution in [3.63, 3.8) is 0 Å². The second-order valence-corrected chi connectivity index (χ2v) is 4.07. The van der Waals surface area contributed by atoms with Crippen molar-refractivity contribution in [3.05, 3.63) is 36.7 Å². The van der Waals surface area contributed by atoms with Gasteiger partial charge in [-0.3, -0.25) is 0 Å². The van der Waals surface area contributed by atoms with Gasteiger partial charge in [0.2, 0.25) is 0 Å². The van der Waals surface area contributed by atoms with Crippen molar-refractivity contribution in [2.75, 3.05) is 13.1 Å². The normalized spacial score (nSPS) is 18.8. The minimum atomic E-state index is 0.580. The molecule has 2 heteroatoms. The summed E-state index contributed by atoms with van der Waals surface area (Å²) in [7, 11) is 0. The highest BCUT2D eigenvalue weighted by Crippen LogP contribution is 2.19. The van der Waals surface area contributed by atoms with E-state index in [1.807, 2.05) is 6.08 Å². The molecule has 14 heavy (non-hydrogen) atoms. The molecule has 2 N–H and O–H groups in total. The Balaban J connectivity index is 2.42. The van der Waals surface area contributed by atoms with Gasteiger partial charge < -0.3 is 10.6 Å². The van der Waals surface area contributed by atoms with Crippen molar-refractivity contribution >= 4 is 0 Å². The van der Waals surface area contributed by atoms with Crippen molar-refractivity contribution < 1.29 is 0 Å². The highest BCUT2D eigenvalue weighted by molar-refractivity contribution is 5.21. The number of nitrogens with zero attached hydrogens (tertiary/aromatic N) is 1. The van der Waals surface area contributed by atoms with Gasteiger partial charge in [0.25, 0.3) is 0 Å². The maximum absolute atomic E-state index is 5.45. The number of likely N-dealkylation sites (tertiary alicyclic amines) is 1. The maximum Gasteiger partial charge on any atom is 0.0293 e. The third kappa shape index (κ3) is 3.29. The largest absolute Gasteiger partial charge is 0.399 e. The lowest BCUT2D eigenvalue weighted by molar-refractivity contribution is 0.244. The molecule has 0 unspecified atom stereocenters. The van der Waals surface area contributed by atoms with Crippen LogP contribution >= 0.6 is 0 Å². The van der Waals surface area contributed by atoms with Gasteiger partial charge in [0, 0.05) is 24.5 Å². The van der Waals surface area contributed by atoms with Crippen molar-refractivity contribution in [1.29, 1.82) is 0 Å². The van der Waals surface area contributed by atoms with E-state index >= 15 is 0 Å². The Labute approximate surface area is 86.8 Å². The lowest BCUT2D eigenvalue weighted by Crippen LogP contribution is -2.31. The molecule has 0 bridgehead atoms. The smallest absolute Gasteiger partial charge is 0.0293 e. The van der Waals surface area contributed by atoms with Gasteiger partial charge >= 0.3 is 0 Å². The van der Waals surface area contributed by atoms with Crippen LogP contribution in [0, 0.1) is 5.92 Å². The monoisotopic (exact) mass is 192 g/mol. The van der Waals surface area contributed by atoms with Crippen LogP contribution in [0.3, 0.4) is 0 Å². The van der Waals surface area contributed by atoms with E-state index in [9.17, 15) is 0 Å². The molecule has 0 aromatic carbocycles. The molecule has 1 rings (SSSR count). The Morgan fingerprint density at radius 1 is 1.29 bits per heavy atom. The van der Waals surface area contributed by atoms with Crippen LogP contribution in [-0.4, -0.2) is 18.0 Å². The Morgan fingerprint density at radius 3 is 2.36 bits per heavy atom. The number of nitrogens with two attached hydrogens (primary N) is 1. The van der Waals surface area contributed by atoms with Gasteiger partial charge in [-0.1, -0.05) is 20.1 Å². The highest BCUT2D eigenvalue weighted by Gasteiger charge is 2.15. The van der Waals surface area contributed by atoms with Gasteiger partial charge in [0.15, 0.2) is 0 Å². The van der Waals surface area contributed by atoms with E-state index in [0.717, 1.165) is 24.7 Å².